The monoisotopic (exact) mass is 480 g/mol. The fourth-order valence-electron chi connectivity index (χ4n) is 4.51. The van der Waals surface area contributed by atoms with Crippen molar-refractivity contribution in [2.45, 2.75) is 45.8 Å². The first kappa shape index (κ1) is 23.1. The van der Waals surface area contributed by atoms with Crippen molar-refractivity contribution in [3.05, 3.63) is 59.3 Å². The van der Waals surface area contributed by atoms with Gasteiger partial charge in [0.2, 0.25) is 5.91 Å². The Kier molecular flexibility index (Phi) is 6.27. The number of fused-ring (bicyclic) bond motifs is 1. The van der Waals surface area contributed by atoms with Crippen LogP contribution in [0.4, 0.5) is 14.6 Å². The van der Waals surface area contributed by atoms with Crippen LogP contribution in [0, 0.1) is 18.6 Å². The van der Waals surface area contributed by atoms with Crippen LogP contribution in [-0.2, 0) is 17.8 Å². The molecule has 2 aromatic heterocycles. The molecule has 8 nitrogen and oxygen atoms in total. The van der Waals surface area contributed by atoms with Crippen LogP contribution < -0.4 is 9.64 Å². The summed E-state index contributed by atoms with van der Waals surface area (Å²) in [4.78, 5) is 34.5. The number of nitrogens with zero attached hydrogens (tertiary/aromatic N) is 6. The number of carbonyl (C=O) groups is 1. The minimum atomic E-state index is -0.700. The predicted molar refractivity (Wildman–Crippen MR) is 125 cm³/mol. The van der Waals surface area contributed by atoms with Crippen molar-refractivity contribution in [2.24, 2.45) is 0 Å². The number of amides is 1. The highest BCUT2D eigenvalue weighted by atomic mass is 19.1. The number of piperidine rings is 1. The zero-order chi connectivity index (χ0) is 24.5. The van der Waals surface area contributed by atoms with Crippen LogP contribution in [0.3, 0.4) is 0 Å². The Morgan fingerprint density at radius 2 is 1.86 bits per heavy atom. The molecule has 1 fully saturated rings. The van der Waals surface area contributed by atoms with Gasteiger partial charge in [-0.1, -0.05) is 0 Å². The lowest BCUT2D eigenvalue weighted by Gasteiger charge is -2.35. The molecule has 2 aliphatic rings. The molecule has 3 aromatic rings. The van der Waals surface area contributed by atoms with Crippen molar-refractivity contribution in [1.29, 1.82) is 0 Å². The van der Waals surface area contributed by atoms with Gasteiger partial charge in [0.25, 0.3) is 0 Å². The number of benzene rings is 1. The van der Waals surface area contributed by atoms with Crippen molar-refractivity contribution in [3.63, 3.8) is 0 Å². The van der Waals surface area contributed by atoms with E-state index in [1.165, 1.54) is 12.1 Å². The van der Waals surface area contributed by atoms with Gasteiger partial charge >= 0.3 is 0 Å². The topological polar surface area (TPSA) is 84.3 Å². The van der Waals surface area contributed by atoms with Crippen molar-refractivity contribution in [1.82, 2.24) is 24.8 Å². The van der Waals surface area contributed by atoms with E-state index in [0.717, 1.165) is 23.3 Å². The number of halogens is 2. The summed E-state index contributed by atoms with van der Waals surface area (Å²) in [6.07, 6.45) is 3.44. The van der Waals surface area contributed by atoms with Crippen LogP contribution in [0.15, 0.2) is 30.5 Å². The van der Waals surface area contributed by atoms with Crippen molar-refractivity contribution >= 4 is 11.7 Å². The van der Waals surface area contributed by atoms with E-state index in [2.05, 4.69) is 14.9 Å². The fourth-order valence-corrected chi connectivity index (χ4v) is 4.51. The average Bonchev–Trinajstić information content (AvgIpc) is 2.85. The second-order valence-electron chi connectivity index (χ2n) is 8.85. The summed E-state index contributed by atoms with van der Waals surface area (Å²) in [6, 6.07) is 5.16. The number of hydrogen-bond acceptors (Lipinski definition) is 7. The van der Waals surface area contributed by atoms with E-state index in [1.807, 2.05) is 13.0 Å². The van der Waals surface area contributed by atoms with Crippen molar-refractivity contribution in [2.75, 3.05) is 24.5 Å². The molecule has 10 heteroatoms. The number of aryl methyl sites for hydroxylation is 1. The summed E-state index contributed by atoms with van der Waals surface area (Å²) in [5.41, 5.74) is 3.00. The summed E-state index contributed by atoms with van der Waals surface area (Å²) < 4.78 is 33.1. The van der Waals surface area contributed by atoms with Crippen molar-refractivity contribution < 1.29 is 18.3 Å². The van der Waals surface area contributed by atoms with Crippen LogP contribution in [0.2, 0.25) is 0 Å². The average molecular weight is 481 g/mol. The van der Waals surface area contributed by atoms with Crippen LogP contribution >= 0.6 is 0 Å². The van der Waals surface area contributed by atoms with Gasteiger partial charge in [-0.25, -0.2) is 28.7 Å². The summed E-state index contributed by atoms with van der Waals surface area (Å²) in [5.74, 6) is 0.117. The molecular weight excluding hydrogens is 454 g/mol. The number of rotatable bonds is 4. The van der Waals surface area contributed by atoms with E-state index < -0.39 is 11.6 Å². The molecule has 4 heterocycles. The molecule has 0 aliphatic carbocycles. The van der Waals surface area contributed by atoms with E-state index in [-0.39, 0.29) is 17.8 Å². The minimum absolute atomic E-state index is 0.0145. The van der Waals surface area contributed by atoms with E-state index in [1.54, 1.807) is 18.0 Å². The highest BCUT2D eigenvalue weighted by Crippen LogP contribution is 2.32. The second kappa shape index (κ2) is 9.52. The van der Waals surface area contributed by atoms with E-state index >= 15 is 0 Å². The molecule has 182 valence electrons. The maximum Gasteiger partial charge on any atom is 0.219 e. The zero-order valence-corrected chi connectivity index (χ0v) is 19.7. The number of carbonyl (C=O) groups excluding carboxylic acids is 1. The summed E-state index contributed by atoms with van der Waals surface area (Å²) in [5, 5.41) is 0. The normalized spacial score (nSPS) is 16.2. The Bertz CT molecular complexity index is 1260. The highest BCUT2D eigenvalue weighted by Gasteiger charge is 2.29. The third-order valence-corrected chi connectivity index (χ3v) is 6.38. The van der Waals surface area contributed by atoms with Gasteiger partial charge in [-0.05, 0) is 25.1 Å². The first-order valence-electron chi connectivity index (χ1n) is 11.7. The van der Waals surface area contributed by atoms with E-state index in [9.17, 15) is 13.6 Å². The van der Waals surface area contributed by atoms with Gasteiger partial charge in [-0.15, -0.1) is 0 Å². The number of hydrogen-bond donors (Lipinski definition) is 0. The second-order valence-corrected chi connectivity index (χ2v) is 8.85. The Morgan fingerprint density at radius 1 is 1.06 bits per heavy atom. The number of ether oxygens (including phenoxy) is 1. The van der Waals surface area contributed by atoms with Crippen LogP contribution in [0.5, 0.6) is 5.75 Å². The lowest BCUT2D eigenvalue weighted by atomic mass is 10.1. The SMILES string of the molecule is CC(=O)N1CCc2nc(N3CCC(Oc4ccc(F)cc4F)CC3)c(-c3ccnc(C)n3)nc2C1. The standard InChI is InChI=1S/C25H26F2N6O2/c1-15-28-9-5-21(29-15)24-25(31-20-8-12-33(16(2)34)14-22(20)30-24)32-10-6-18(7-11-32)35-23-4-3-17(26)13-19(23)27/h3-5,9,13,18H,6-8,10-12,14H2,1-2H3. The Morgan fingerprint density at radius 3 is 2.57 bits per heavy atom. The molecule has 1 aromatic carbocycles. The lowest BCUT2D eigenvalue weighted by Crippen LogP contribution is -2.40. The molecule has 0 bridgehead atoms. The molecule has 35 heavy (non-hydrogen) atoms. The smallest absolute Gasteiger partial charge is 0.219 e. The molecule has 1 saturated heterocycles. The molecule has 0 unspecified atom stereocenters. The Hall–Kier alpha value is -3.69. The van der Waals surface area contributed by atoms with E-state index in [0.29, 0.717) is 62.7 Å². The fraction of sp³-hybridized carbons (Fsp3) is 0.400. The maximum atomic E-state index is 14.0. The van der Waals surface area contributed by atoms with Gasteiger partial charge in [0, 0.05) is 58.1 Å². The van der Waals surface area contributed by atoms with Crippen LogP contribution in [-0.4, -0.2) is 56.5 Å². The van der Waals surface area contributed by atoms with Gasteiger partial charge in [-0.3, -0.25) is 4.79 Å². The Labute approximate surface area is 202 Å². The first-order valence-corrected chi connectivity index (χ1v) is 11.7. The minimum Gasteiger partial charge on any atom is -0.487 e. The predicted octanol–water partition coefficient (Wildman–Crippen LogP) is 3.47. The summed E-state index contributed by atoms with van der Waals surface area (Å²) >= 11 is 0. The third-order valence-electron chi connectivity index (χ3n) is 6.38. The van der Waals surface area contributed by atoms with Gasteiger partial charge in [-0.2, -0.15) is 0 Å². The quantitative estimate of drug-likeness (QED) is 0.565. The zero-order valence-electron chi connectivity index (χ0n) is 19.7. The highest BCUT2D eigenvalue weighted by molar-refractivity contribution is 5.74. The maximum absolute atomic E-state index is 14.0. The van der Waals surface area contributed by atoms with Gasteiger partial charge in [0.1, 0.15) is 23.4 Å². The molecule has 0 saturated carbocycles. The Balaban J connectivity index is 1.40. The summed E-state index contributed by atoms with van der Waals surface area (Å²) in [7, 11) is 0. The largest absolute Gasteiger partial charge is 0.487 e. The molecule has 5 rings (SSSR count). The molecule has 0 atom stereocenters. The van der Waals surface area contributed by atoms with Gasteiger partial charge in [0.15, 0.2) is 17.4 Å². The number of anilines is 1. The van der Waals surface area contributed by atoms with Gasteiger partial charge < -0.3 is 14.5 Å². The molecule has 2 aliphatic heterocycles. The van der Waals surface area contributed by atoms with E-state index in [4.69, 9.17) is 14.7 Å². The first-order chi connectivity index (χ1) is 16.9. The number of aromatic nitrogens is 4. The third kappa shape index (κ3) is 4.91. The molecular formula is C25H26F2N6O2. The molecule has 0 N–H and O–H groups in total. The van der Waals surface area contributed by atoms with Crippen LogP contribution in [0.1, 0.15) is 37.0 Å². The molecule has 0 radical (unpaired) electrons. The molecule has 0 spiro atoms. The van der Waals surface area contributed by atoms with Gasteiger partial charge in [0.05, 0.1) is 23.6 Å². The summed E-state index contributed by atoms with van der Waals surface area (Å²) in [6.45, 7) is 5.69. The lowest BCUT2D eigenvalue weighted by molar-refractivity contribution is -0.129. The molecule has 1 amide bonds. The van der Waals surface area contributed by atoms with Crippen molar-refractivity contribution in [3.8, 4) is 17.1 Å². The van der Waals surface area contributed by atoms with Crippen LogP contribution in [0.25, 0.3) is 11.4 Å².